The van der Waals surface area contributed by atoms with Gasteiger partial charge < -0.3 is 5.32 Å². The molecular weight excluding hydrogens is 118 g/mol. The van der Waals surface area contributed by atoms with E-state index in [9.17, 15) is 4.79 Å². The van der Waals surface area contributed by atoms with E-state index < -0.39 is 0 Å². The molecule has 0 aromatic rings. The molecule has 1 aliphatic heterocycles. The second kappa shape index (κ2) is 1.88. The van der Waals surface area contributed by atoms with Crippen molar-refractivity contribution < 1.29 is 4.79 Å². The monoisotopic (exact) mass is 129 g/mol. The first kappa shape index (κ1) is 6.35. The Bertz CT molecular complexity index is 136. The molecule has 2 amide bonds. The van der Waals surface area contributed by atoms with Crippen LogP contribution in [0.5, 0.6) is 0 Å². The smallest absolute Gasteiger partial charge is 0.320 e. The summed E-state index contributed by atoms with van der Waals surface area (Å²) in [4.78, 5) is 10.8. The Morgan fingerprint density at radius 2 is 2.11 bits per heavy atom. The highest BCUT2D eigenvalue weighted by molar-refractivity contribution is 5.75. The number of urea groups is 1. The predicted octanol–water partition coefficient (Wildman–Crippen LogP) is -0.166. The zero-order valence-corrected chi connectivity index (χ0v) is 5.88. The molecule has 1 N–H and O–H groups in total. The van der Waals surface area contributed by atoms with Crippen molar-refractivity contribution in [3.8, 4) is 0 Å². The van der Waals surface area contributed by atoms with Gasteiger partial charge in [0.05, 0.1) is 6.17 Å². The molecule has 9 heavy (non-hydrogen) atoms. The number of nitrogens with zero attached hydrogens (tertiary/aromatic N) is 2. The van der Waals surface area contributed by atoms with Crippen LogP contribution in [0.15, 0.2) is 0 Å². The lowest BCUT2D eigenvalue weighted by Gasteiger charge is -2.19. The van der Waals surface area contributed by atoms with Crippen molar-refractivity contribution in [1.82, 2.24) is 15.3 Å². The molecule has 0 aromatic heterocycles. The zero-order valence-electron chi connectivity index (χ0n) is 5.88. The molecule has 1 fully saturated rings. The number of hydrazine groups is 1. The van der Waals surface area contributed by atoms with Gasteiger partial charge in [-0.2, -0.15) is 5.01 Å². The quantitative estimate of drug-likeness (QED) is 0.493. The first-order chi connectivity index (χ1) is 4.13. The second-order valence-electron chi connectivity index (χ2n) is 2.22. The molecule has 0 aliphatic carbocycles. The van der Waals surface area contributed by atoms with Crippen LogP contribution in [0.4, 0.5) is 4.79 Å². The summed E-state index contributed by atoms with van der Waals surface area (Å²) in [5, 5.41) is 6.11. The van der Waals surface area contributed by atoms with Gasteiger partial charge in [0.15, 0.2) is 0 Å². The van der Waals surface area contributed by atoms with Crippen molar-refractivity contribution in [3.05, 3.63) is 0 Å². The van der Waals surface area contributed by atoms with Gasteiger partial charge in [-0.05, 0) is 6.92 Å². The van der Waals surface area contributed by atoms with Crippen LogP contribution in [0, 0.1) is 0 Å². The summed E-state index contributed by atoms with van der Waals surface area (Å²) in [5.41, 5.74) is 0. The SMILES string of the molecule is CC1NC(=O)N(C)N1C. The van der Waals surface area contributed by atoms with E-state index in [0.717, 1.165) is 0 Å². The number of carbonyl (C=O) groups is 1. The minimum absolute atomic E-state index is 0.0370. The number of nitrogens with one attached hydrogen (secondary N) is 1. The topological polar surface area (TPSA) is 35.6 Å². The minimum Gasteiger partial charge on any atom is -0.320 e. The fraction of sp³-hybridized carbons (Fsp3) is 0.800. The molecule has 1 unspecified atom stereocenters. The molecule has 0 radical (unpaired) electrons. The summed E-state index contributed by atoms with van der Waals surface area (Å²) in [5.74, 6) is 0. The van der Waals surface area contributed by atoms with E-state index in [4.69, 9.17) is 0 Å². The van der Waals surface area contributed by atoms with Crippen molar-refractivity contribution >= 4 is 6.03 Å². The molecule has 0 bridgehead atoms. The van der Waals surface area contributed by atoms with Crippen molar-refractivity contribution in [2.75, 3.05) is 14.1 Å². The molecule has 1 saturated heterocycles. The first-order valence-corrected chi connectivity index (χ1v) is 2.90. The lowest BCUT2D eigenvalue weighted by Crippen LogP contribution is -2.34. The van der Waals surface area contributed by atoms with E-state index >= 15 is 0 Å². The number of hydrogen-bond acceptors (Lipinski definition) is 2. The van der Waals surface area contributed by atoms with Crippen LogP contribution in [-0.4, -0.2) is 36.3 Å². The fourth-order valence-corrected chi connectivity index (χ4v) is 0.769. The molecule has 1 rings (SSSR count). The first-order valence-electron chi connectivity index (χ1n) is 2.90. The van der Waals surface area contributed by atoms with Gasteiger partial charge in [-0.1, -0.05) is 0 Å². The summed E-state index contributed by atoms with van der Waals surface area (Å²) in [7, 11) is 3.60. The highest BCUT2D eigenvalue weighted by Crippen LogP contribution is 2.04. The third kappa shape index (κ3) is 0.853. The molecule has 0 saturated carbocycles. The average Bonchev–Trinajstić information content (AvgIpc) is 1.98. The van der Waals surface area contributed by atoms with Gasteiger partial charge in [0.1, 0.15) is 0 Å². The summed E-state index contributed by atoms with van der Waals surface area (Å²) in [6.07, 6.45) is 0.127. The van der Waals surface area contributed by atoms with E-state index in [-0.39, 0.29) is 12.2 Å². The average molecular weight is 129 g/mol. The molecule has 1 atom stereocenters. The lowest BCUT2D eigenvalue weighted by molar-refractivity contribution is 0.0780. The fourth-order valence-electron chi connectivity index (χ4n) is 0.769. The molecule has 1 heterocycles. The Balaban J connectivity index is 2.65. The Labute approximate surface area is 54.4 Å². The van der Waals surface area contributed by atoms with E-state index in [1.165, 1.54) is 0 Å². The van der Waals surface area contributed by atoms with Crippen LogP contribution in [0.1, 0.15) is 6.92 Å². The zero-order chi connectivity index (χ0) is 7.02. The van der Waals surface area contributed by atoms with E-state index in [2.05, 4.69) is 5.32 Å². The lowest BCUT2D eigenvalue weighted by atomic mass is 10.6. The summed E-state index contributed by atoms with van der Waals surface area (Å²) in [6.45, 7) is 1.93. The van der Waals surface area contributed by atoms with Crippen molar-refractivity contribution in [1.29, 1.82) is 0 Å². The number of carbonyl (C=O) groups excluding carboxylic acids is 1. The maximum Gasteiger partial charge on any atom is 0.332 e. The molecule has 0 spiro atoms. The van der Waals surface area contributed by atoms with Crippen LogP contribution in [-0.2, 0) is 0 Å². The van der Waals surface area contributed by atoms with Gasteiger partial charge in [0.2, 0.25) is 0 Å². The van der Waals surface area contributed by atoms with Gasteiger partial charge in [0, 0.05) is 14.1 Å². The van der Waals surface area contributed by atoms with Crippen LogP contribution in [0.25, 0.3) is 0 Å². The normalized spacial score (nSPS) is 29.0. The van der Waals surface area contributed by atoms with E-state index in [1.54, 1.807) is 12.1 Å². The van der Waals surface area contributed by atoms with Crippen LogP contribution in [0.2, 0.25) is 0 Å². The molecule has 4 heteroatoms. The summed E-state index contributed by atoms with van der Waals surface area (Å²) < 4.78 is 0. The predicted molar refractivity (Wildman–Crippen MR) is 33.5 cm³/mol. The largest absolute Gasteiger partial charge is 0.332 e. The van der Waals surface area contributed by atoms with Crippen LogP contribution < -0.4 is 5.32 Å². The second-order valence-corrected chi connectivity index (χ2v) is 2.22. The Kier molecular flexibility index (Phi) is 1.32. The standard InChI is InChI=1S/C5H11N3O/c1-4-6-5(9)8(3)7(4)2/h4H,1-3H3,(H,6,9). The number of rotatable bonds is 0. The maximum absolute atomic E-state index is 10.8. The van der Waals surface area contributed by atoms with Gasteiger partial charge in [-0.25, -0.2) is 4.79 Å². The summed E-state index contributed by atoms with van der Waals surface area (Å²) >= 11 is 0. The minimum atomic E-state index is -0.0370. The van der Waals surface area contributed by atoms with Gasteiger partial charge >= 0.3 is 6.03 Å². The summed E-state index contributed by atoms with van der Waals surface area (Å²) in [6, 6.07) is -0.0370. The van der Waals surface area contributed by atoms with Crippen LogP contribution in [0.3, 0.4) is 0 Å². The molecule has 0 aromatic carbocycles. The van der Waals surface area contributed by atoms with Gasteiger partial charge in [-0.15, -0.1) is 0 Å². The van der Waals surface area contributed by atoms with E-state index in [0.29, 0.717) is 0 Å². The van der Waals surface area contributed by atoms with Gasteiger partial charge in [0.25, 0.3) is 0 Å². The highest BCUT2D eigenvalue weighted by atomic mass is 16.2. The Morgan fingerprint density at radius 1 is 1.56 bits per heavy atom. The van der Waals surface area contributed by atoms with E-state index in [1.807, 2.05) is 19.0 Å². The molecule has 4 nitrogen and oxygen atoms in total. The maximum atomic E-state index is 10.8. The third-order valence-electron chi connectivity index (χ3n) is 1.66. The molecule has 52 valence electrons. The van der Waals surface area contributed by atoms with Crippen LogP contribution >= 0.6 is 0 Å². The highest BCUT2D eigenvalue weighted by Gasteiger charge is 2.27. The van der Waals surface area contributed by atoms with Crippen molar-refractivity contribution in [3.63, 3.8) is 0 Å². The Morgan fingerprint density at radius 3 is 2.22 bits per heavy atom. The Hall–Kier alpha value is -0.770. The number of hydrogen-bond donors (Lipinski definition) is 1. The van der Waals surface area contributed by atoms with Crippen molar-refractivity contribution in [2.45, 2.75) is 13.1 Å². The molecule has 1 aliphatic rings. The molecular formula is C5H11N3O. The van der Waals surface area contributed by atoms with Crippen molar-refractivity contribution in [2.24, 2.45) is 0 Å². The van der Waals surface area contributed by atoms with Gasteiger partial charge in [-0.3, -0.25) is 5.01 Å². The third-order valence-corrected chi connectivity index (χ3v) is 1.66. The number of amides is 2.